The standard InChI is InChI=1S/C18H27F2N5O3/c19-17(20)28-13-6-4-10(5-7-13)24-18-22-9-14(15(21)27)16(25-18)23-11-2-1-3-12(26)8-11/h9-13,17,26H,1-8H2,(H2,21,27)(H2,22,23,24,25)/t10-,11-,12+,13-/m1/s1. The number of ether oxygens (including phenoxy) is 1. The number of anilines is 2. The third-order valence-electron chi connectivity index (χ3n) is 5.34. The number of nitrogens with one attached hydrogen (secondary N) is 2. The molecule has 0 aromatic carbocycles. The maximum Gasteiger partial charge on any atom is 0.345 e. The third-order valence-corrected chi connectivity index (χ3v) is 5.34. The van der Waals surface area contributed by atoms with E-state index >= 15 is 0 Å². The molecular weight excluding hydrogens is 372 g/mol. The molecule has 0 aliphatic heterocycles. The second kappa shape index (κ2) is 9.42. The Morgan fingerprint density at radius 2 is 1.93 bits per heavy atom. The zero-order valence-corrected chi connectivity index (χ0v) is 15.6. The molecule has 28 heavy (non-hydrogen) atoms. The first kappa shape index (κ1) is 20.7. The van der Waals surface area contributed by atoms with Crippen LogP contribution in [0.15, 0.2) is 6.20 Å². The van der Waals surface area contributed by atoms with Crippen LogP contribution >= 0.6 is 0 Å². The molecule has 0 spiro atoms. The number of hydrogen-bond donors (Lipinski definition) is 4. The topological polar surface area (TPSA) is 122 Å². The van der Waals surface area contributed by atoms with Crippen molar-refractivity contribution in [2.45, 2.75) is 82.3 Å². The molecular formula is C18H27F2N5O3. The highest BCUT2D eigenvalue weighted by molar-refractivity contribution is 5.97. The highest BCUT2D eigenvalue weighted by Crippen LogP contribution is 2.26. The summed E-state index contributed by atoms with van der Waals surface area (Å²) < 4.78 is 29.2. The minimum absolute atomic E-state index is 0.00605. The number of hydrogen-bond acceptors (Lipinski definition) is 7. The van der Waals surface area contributed by atoms with Gasteiger partial charge < -0.3 is 26.2 Å². The van der Waals surface area contributed by atoms with Crippen LogP contribution in [-0.4, -0.2) is 51.9 Å². The number of aliphatic hydroxyl groups is 1. The van der Waals surface area contributed by atoms with Crippen molar-refractivity contribution in [3.05, 3.63) is 11.8 Å². The van der Waals surface area contributed by atoms with Crippen LogP contribution in [0, 0.1) is 0 Å². The fourth-order valence-electron chi connectivity index (χ4n) is 3.90. The van der Waals surface area contributed by atoms with Crippen molar-refractivity contribution in [3.8, 4) is 0 Å². The molecule has 0 radical (unpaired) electrons. The van der Waals surface area contributed by atoms with Crippen molar-refractivity contribution in [1.29, 1.82) is 0 Å². The van der Waals surface area contributed by atoms with Gasteiger partial charge in [0.15, 0.2) is 0 Å². The van der Waals surface area contributed by atoms with E-state index in [2.05, 4.69) is 25.3 Å². The van der Waals surface area contributed by atoms with Gasteiger partial charge in [-0.3, -0.25) is 4.79 Å². The van der Waals surface area contributed by atoms with Crippen LogP contribution < -0.4 is 16.4 Å². The average molecular weight is 399 g/mol. The summed E-state index contributed by atoms with van der Waals surface area (Å²) in [5.41, 5.74) is 5.63. The molecule has 1 amide bonds. The minimum atomic E-state index is -2.74. The van der Waals surface area contributed by atoms with Gasteiger partial charge in [-0.15, -0.1) is 0 Å². The number of carbonyl (C=O) groups is 1. The number of aromatic nitrogens is 2. The Bertz CT molecular complexity index is 671. The molecule has 0 saturated heterocycles. The molecule has 2 saturated carbocycles. The molecule has 2 aliphatic rings. The quantitative estimate of drug-likeness (QED) is 0.555. The predicted octanol–water partition coefficient (Wildman–Crippen LogP) is 2.25. The van der Waals surface area contributed by atoms with Crippen LogP contribution in [0.3, 0.4) is 0 Å². The summed E-state index contributed by atoms with van der Waals surface area (Å²) in [5, 5.41) is 16.3. The maximum atomic E-state index is 12.3. The SMILES string of the molecule is NC(=O)c1cnc(N[C@H]2CC[C@H](OC(F)F)CC2)nc1N[C@@H]1CCC[C@H](O)C1. The Morgan fingerprint density at radius 1 is 1.18 bits per heavy atom. The van der Waals surface area contributed by atoms with Crippen LogP contribution in [0.25, 0.3) is 0 Å². The summed E-state index contributed by atoms with van der Waals surface area (Å²) in [6.45, 7) is -2.74. The van der Waals surface area contributed by atoms with Gasteiger partial charge in [0.2, 0.25) is 5.95 Å². The van der Waals surface area contributed by atoms with Crippen molar-refractivity contribution in [3.63, 3.8) is 0 Å². The predicted molar refractivity (Wildman–Crippen MR) is 99.2 cm³/mol. The lowest BCUT2D eigenvalue weighted by Crippen LogP contribution is -2.33. The lowest BCUT2D eigenvalue weighted by Gasteiger charge is -2.29. The summed E-state index contributed by atoms with van der Waals surface area (Å²) in [7, 11) is 0. The first-order valence-corrected chi connectivity index (χ1v) is 9.72. The lowest BCUT2D eigenvalue weighted by atomic mass is 9.93. The molecule has 2 atom stereocenters. The Hall–Kier alpha value is -2.07. The maximum absolute atomic E-state index is 12.3. The van der Waals surface area contributed by atoms with Gasteiger partial charge in [-0.05, 0) is 51.4 Å². The summed E-state index contributed by atoms with van der Waals surface area (Å²) in [6.07, 6.45) is 6.10. The summed E-state index contributed by atoms with van der Waals surface area (Å²) in [6, 6.07) is 0.0489. The van der Waals surface area contributed by atoms with E-state index in [1.54, 1.807) is 0 Å². The Labute approximate surface area is 162 Å². The zero-order valence-electron chi connectivity index (χ0n) is 15.6. The number of amides is 1. The van der Waals surface area contributed by atoms with E-state index in [-0.39, 0.29) is 23.8 Å². The van der Waals surface area contributed by atoms with Crippen LogP contribution in [0.5, 0.6) is 0 Å². The normalized spacial score (nSPS) is 28.1. The van der Waals surface area contributed by atoms with Gasteiger partial charge in [0.1, 0.15) is 5.82 Å². The van der Waals surface area contributed by atoms with Gasteiger partial charge in [0.25, 0.3) is 5.91 Å². The van der Waals surface area contributed by atoms with Gasteiger partial charge in [-0.1, -0.05) is 0 Å². The van der Waals surface area contributed by atoms with Crippen molar-refractivity contribution >= 4 is 17.7 Å². The number of carbonyl (C=O) groups excluding carboxylic acids is 1. The number of alkyl halides is 2. The van der Waals surface area contributed by atoms with E-state index in [1.807, 2.05) is 0 Å². The van der Waals surface area contributed by atoms with E-state index in [0.29, 0.717) is 43.9 Å². The first-order valence-electron chi connectivity index (χ1n) is 9.72. The van der Waals surface area contributed by atoms with Gasteiger partial charge in [0.05, 0.1) is 17.8 Å². The minimum Gasteiger partial charge on any atom is -0.393 e. The summed E-state index contributed by atoms with van der Waals surface area (Å²) >= 11 is 0. The second-order valence-corrected chi connectivity index (χ2v) is 7.50. The Morgan fingerprint density at radius 3 is 2.57 bits per heavy atom. The van der Waals surface area contributed by atoms with Crippen LogP contribution in [-0.2, 0) is 4.74 Å². The fourth-order valence-corrected chi connectivity index (χ4v) is 3.90. The highest BCUT2D eigenvalue weighted by atomic mass is 19.3. The molecule has 1 heterocycles. The highest BCUT2D eigenvalue weighted by Gasteiger charge is 2.26. The number of halogens is 2. The number of nitrogens with zero attached hydrogens (tertiary/aromatic N) is 2. The molecule has 2 aliphatic carbocycles. The molecule has 8 nitrogen and oxygen atoms in total. The third kappa shape index (κ3) is 5.71. The van der Waals surface area contributed by atoms with Gasteiger partial charge in [-0.2, -0.15) is 13.8 Å². The number of aliphatic hydroxyl groups excluding tert-OH is 1. The first-order chi connectivity index (χ1) is 13.4. The van der Waals surface area contributed by atoms with Crippen molar-refractivity contribution in [2.24, 2.45) is 5.73 Å². The average Bonchev–Trinajstić information content (AvgIpc) is 2.63. The van der Waals surface area contributed by atoms with E-state index in [4.69, 9.17) is 5.73 Å². The monoisotopic (exact) mass is 399 g/mol. The van der Waals surface area contributed by atoms with Gasteiger partial charge >= 0.3 is 6.61 Å². The zero-order chi connectivity index (χ0) is 20.1. The molecule has 156 valence electrons. The van der Waals surface area contributed by atoms with Gasteiger partial charge in [-0.25, -0.2) is 4.98 Å². The van der Waals surface area contributed by atoms with Crippen molar-refractivity contribution in [1.82, 2.24) is 9.97 Å². The van der Waals surface area contributed by atoms with Gasteiger partial charge in [0, 0.05) is 18.3 Å². The van der Waals surface area contributed by atoms with E-state index in [0.717, 1.165) is 19.3 Å². The van der Waals surface area contributed by atoms with Crippen LogP contribution in [0.1, 0.15) is 61.7 Å². The number of rotatable bonds is 7. The van der Waals surface area contributed by atoms with Crippen LogP contribution in [0.4, 0.5) is 20.5 Å². The number of nitrogens with two attached hydrogens (primary N) is 1. The van der Waals surface area contributed by atoms with Crippen molar-refractivity contribution < 1.29 is 23.4 Å². The molecule has 1 aromatic heterocycles. The smallest absolute Gasteiger partial charge is 0.345 e. The van der Waals surface area contributed by atoms with E-state index < -0.39 is 18.6 Å². The Balaban J connectivity index is 1.63. The molecule has 1 aromatic rings. The molecule has 2 fully saturated rings. The molecule has 10 heteroatoms. The molecule has 0 unspecified atom stereocenters. The summed E-state index contributed by atoms with van der Waals surface area (Å²) in [4.78, 5) is 20.3. The van der Waals surface area contributed by atoms with Crippen LogP contribution in [0.2, 0.25) is 0 Å². The molecule has 0 bridgehead atoms. The molecule has 3 rings (SSSR count). The largest absolute Gasteiger partial charge is 0.393 e. The number of primary amides is 1. The van der Waals surface area contributed by atoms with E-state index in [1.165, 1.54) is 6.20 Å². The molecule has 5 N–H and O–H groups in total. The summed E-state index contributed by atoms with van der Waals surface area (Å²) in [5.74, 6) is 0.0657. The van der Waals surface area contributed by atoms with E-state index in [9.17, 15) is 18.7 Å². The Kier molecular flexibility index (Phi) is 6.95. The lowest BCUT2D eigenvalue weighted by molar-refractivity contribution is -0.169. The van der Waals surface area contributed by atoms with Crippen molar-refractivity contribution in [2.75, 3.05) is 10.6 Å². The fraction of sp³-hybridized carbons (Fsp3) is 0.722. The second-order valence-electron chi connectivity index (χ2n) is 7.50.